The summed E-state index contributed by atoms with van der Waals surface area (Å²) in [5, 5.41) is 5.36. The fourth-order valence-corrected chi connectivity index (χ4v) is 2.21. The van der Waals surface area contributed by atoms with E-state index in [-0.39, 0.29) is 24.4 Å². The number of carbonyl (C=O) groups excluding carboxylic acids is 3. The number of rotatable bonds is 4. The average Bonchev–Trinajstić information content (AvgIpc) is 2.59. The van der Waals surface area contributed by atoms with Crippen molar-refractivity contribution in [1.82, 2.24) is 15.5 Å². The number of imide groups is 1. The van der Waals surface area contributed by atoms with Crippen molar-refractivity contribution < 1.29 is 14.4 Å². The van der Waals surface area contributed by atoms with Gasteiger partial charge in [-0.05, 0) is 25.0 Å². The van der Waals surface area contributed by atoms with E-state index < -0.39 is 5.54 Å². The molecule has 1 aromatic carbocycles. The fraction of sp³-hybridized carbons (Fsp3) is 0.400. The van der Waals surface area contributed by atoms with E-state index in [9.17, 15) is 14.4 Å². The zero-order valence-corrected chi connectivity index (χ0v) is 12.4. The molecule has 21 heavy (non-hydrogen) atoms. The summed E-state index contributed by atoms with van der Waals surface area (Å²) in [7, 11) is 0. The van der Waals surface area contributed by atoms with Gasteiger partial charge >= 0.3 is 6.03 Å². The van der Waals surface area contributed by atoms with Crippen molar-refractivity contribution in [3.8, 4) is 0 Å². The van der Waals surface area contributed by atoms with Gasteiger partial charge in [0.1, 0.15) is 5.54 Å². The van der Waals surface area contributed by atoms with Crippen molar-refractivity contribution in [2.45, 2.75) is 39.4 Å². The maximum absolute atomic E-state index is 12.1. The summed E-state index contributed by atoms with van der Waals surface area (Å²) in [6.07, 6.45) is 0. The number of benzene rings is 1. The van der Waals surface area contributed by atoms with Crippen LogP contribution in [0, 0.1) is 0 Å². The Morgan fingerprint density at radius 3 is 2.52 bits per heavy atom. The van der Waals surface area contributed by atoms with Gasteiger partial charge in [-0.25, -0.2) is 4.79 Å². The van der Waals surface area contributed by atoms with E-state index in [1.807, 2.05) is 24.3 Å². The predicted molar refractivity (Wildman–Crippen MR) is 77.1 cm³/mol. The molecular weight excluding hydrogens is 270 g/mol. The third-order valence-corrected chi connectivity index (χ3v) is 3.32. The molecule has 0 saturated carbocycles. The maximum atomic E-state index is 12.1. The normalized spacial score (nSPS) is 16.8. The fourth-order valence-electron chi connectivity index (χ4n) is 2.21. The molecule has 1 aromatic rings. The quantitative estimate of drug-likeness (QED) is 0.816. The largest absolute Gasteiger partial charge is 0.352 e. The summed E-state index contributed by atoms with van der Waals surface area (Å²) in [6, 6.07) is 7.08. The molecule has 1 saturated heterocycles. The molecule has 0 aromatic heterocycles. The minimum atomic E-state index is -0.856. The van der Waals surface area contributed by atoms with E-state index in [0.29, 0.717) is 6.54 Å². The number of carbonyl (C=O) groups is 3. The third-order valence-electron chi connectivity index (χ3n) is 3.32. The lowest BCUT2D eigenvalue weighted by molar-refractivity contribution is -0.130. The van der Waals surface area contributed by atoms with Crippen molar-refractivity contribution in [3.05, 3.63) is 35.4 Å². The number of nitrogens with one attached hydrogen (secondary N) is 2. The molecule has 2 rings (SSSR count). The van der Waals surface area contributed by atoms with Gasteiger partial charge in [0.15, 0.2) is 0 Å². The number of hydrogen-bond donors (Lipinski definition) is 2. The smallest absolute Gasteiger partial charge is 0.325 e. The third kappa shape index (κ3) is 3.39. The Balaban J connectivity index is 2.10. The first-order chi connectivity index (χ1) is 9.79. The molecule has 2 N–H and O–H groups in total. The molecule has 0 unspecified atom stereocenters. The van der Waals surface area contributed by atoms with Crippen LogP contribution in [0.2, 0.25) is 0 Å². The van der Waals surface area contributed by atoms with Crippen LogP contribution in [0.5, 0.6) is 0 Å². The maximum Gasteiger partial charge on any atom is 0.325 e. The predicted octanol–water partition coefficient (Wildman–Crippen LogP) is 1.15. The lowest BCUT2D eigenvalue weighted by Crippen LogP contribution is -2.40. The lowest BCUT2D eigenvalue weighted by Gasteiger charge is -2.16. The summed E-state index contributed by atoms with van der Waals surface area (Å²) in [4.78, 5) is 36.1. The highest BCUT2D eigenvalue weighted by molar-refractivity contribution is 6.06. The van der Waals surface area contributed by atoms with Crippen LogP contribution in [0.4, 0.5) is 4.79 Å². The molecular formula is C15H19N3O3. The average molecular weight is 289 g/mol. The van der Waals surface area contributed by atoms with Gasteiger partial charge < -0.3 is 10.6 Å². The van der Waals surface area contributed by atoms with E-state index in [1.165, 1.54) is 11.8 Å². The van der Waals surface area contributed by atoms with Gasteiger partial charge in [-0.15, -0.1) is 0 Å². The first-order valence-electron chi connectivity index (χ1n) is 6.76. The SMILES string of the molecule is CC(=O)NCc1cccc(CN2C(=O)NC(C)(C)C2=O)c1. The minimum Gasteiger partial charge on any atom is -0.352 e. The standard InChI is InChI=1S/C15H19N3O3/c1-10(19)16-8-11-5-4-6-12(7-11)9-18-13(20)15(2,3)17-14(18)21/h4-7H,8-9H2,1-3H3,(H,16,19)(H,17,21). The zero-order chi connectivity index (χ0) is 15.6. The van der Waals surface area contributed by atoms with Crippen molar-refractivity contribution in [3.63, 3.8) is 0 Å². The molecule has 1 aliphatic heterocycles. The Bertz CT molecular complexity index is 596. The molecule has 1 aliphatic rings. The Hall–Kier alpha value is -2.37. The van der Waals surface area contributed by atoms with Crippen LogP contribution >= 0.6 is 0 Å². The first kappa shape index (κ1) is 15.0. The highest BCUT2D eigenvalue weighted by Gasteiger charge is 2.43. The van der Waals surface area contributed by atoms with E-state index in [4.69, 9.17) is 0 Å². The van der Waals surface area contributed by atoms with Crippen LogP contribution in [0.1, 0.15) is 31.9 Å². The van der Waals surface area contributed by atoms with Gasteiger partial charge in [-0.3, -0.25) is 14.5 Å². The highest BCUT2D eigenvalue weighted by atomic mass is 16.2. The second-order valence-electron chi connectivity index (χ2n) is 5.68. The summed E-state index contributed by atoms with van der Waals surface area (Å²) in [5.74, 6) is -0.337. The molecule has 0 bridgehead atoms. The Labute approximate surface area is 123 Å². The molecule has 112 valence electrons. The molecule has 4 amide bonds. The number of nitrogens with zero attached hydrogens (tertiary/aromatic N) is 1. The van der Waals surface area contributed by atoms with E-state index in [2.05, 4.69) is 10.6 Å². The van der Waals surface area contributed by atoms with Gasteiger partial charge in [0, 0.05) is 13.5 Å². The molecule has 0 atom stereocenters. The van der Waals surface area contributed by atoms with Crippen LogP contribution in [0.15, 0.2) is 24.3 Å². The second kappa shape index (κ2) is 5.55. The van der Waals surface area contributed by atoms with Crippen molar-refractivity contribution >= 4 is 17.8 Å². The van der Waals surface area contributed by atoms with E-state index in [1.54, 1.807) is 13.8 Å². The molecule has 1 fully saturated rings. The molecule has 0 spiro atoms. The van der Waals surface area contributed by atoms with Crippen LogP contribution in [-0.4, -0.2) is 28.3 Å². The van der Waals surface area contributed by atoms with Gasteiger partial charge in [0.2, 0.25) is 5.91 Å². The molecule has 0 aliphatic carbocycles. The summed E-state index contributed by atoms with van der Waals surface area (Å²) >= 11 is 0. The Kier molecular flexibility index (Phi) is 3.97. The Morgan fingerprint density at radius 1 is 1.29 bits per heavy atom. The monoisotopic (exact) mass is 289 g/mol. The molecule has 1 heterocycles. The summed E-state index contributed by atoms with van der Waals surface area (Å²) in [5.41, 5.74) is 0.915. The minimum absolute atomic E-state index is 0.101. The van der Waals surface area contributed by atoms with Crippen molar-refractivity contribution in [2.24, 2.45) is 0 Å². The van der Waals surface area contributed by atoms with Crippen LogP contribution < -0.4 is 10.6 Å². The van der Waals surface area contributed by atoms with Gasteiger partial charge in [-0.2, -0.15) is 0 Å². The van der Waals surface area contributed by atoms with Crippen LogP contribution in [-0.2, 0) is 22.7 Å². The first-order valence-corrected chi connectivity index (χ1v) is 6.76. The van der Waals surface area contributed by atoms with E-state index >= 15 is 0 Å². The second-order valence-corrected chi connectivity index (χ2v) is 5.68. The highest BCUT2D eigenvalue weighted by Crippen LogP contribution is 2.19. The zero-order valence-electron chi connectivity index (χ0n) is 12.4. The summed E-state index contributed by atoms with van der Waals surface area (Å²) < 4.78 is 0. The summed E-state index contributed by atoms with van der Waals surface area (Å²) in [6.45, 7) is 5.47. The van der Waals surface area contributed by atoms with Gasteiger partial charge in [0.25, 0.3) is 5.91 Å². The van der Waals surface area contributed by atoms with Crippen molar-refractivity contribution in [1.29, 1.82) is 0 Å². The van der Waals surface area contributed by atoms with Gasteiger partial charge in [0.05, 0.1) is 6.54 Å². The van der Waals surface area contributed by atoms with E-state index in [0.717, 1.165) is 11.1 Å². The molecule has 6 nitrogen and oxygen atoms in total. The van der Waals surface area contributed by atoms with Crippen molar-refractivity contribution in [2.75, 3.05) is 0 Å². The van der Waals surface area contributed by atoms with Crippen LogP contribution in [0.3, 0.4) is 0 Å². The number of hydrogen-bond acceptors (Lipinski definition) is 3. The molecule has 6 heteroatoms. The lowest BCUT2D eigenvalue weighted by atomic mass is 10.1. The molecule has 0 radical (unpaired) electrons. The van der Waals surface area contributed by atoms with Crippen LogP contribution in [0.25, 0.3) is 0 Å². The topological polar surface area (TPSA) is 78.5 Å². The number of amides is 4. The Morgan fingerprint density at radius 2 is 1.95 bits per heavy atom. The number of urea groups is 1. The van der Waals surface area contributed by atoms with Gasteiger partial charge in [-0.1, -0.05) is 24.3 Å².